The van der Waals surface area contributed by atoms with Crippen LogP contribution >= 0.6 is 23.1 Å². The average molecular weight is 413 g/mol. The van der Waals surface area contributed by atoms with E-state index in [0.717, 1.165) is 18.2 Å². The molecule has 150 valence electrons. The van der Waals surface area contributed by atoms with E-state index in [1.807, 2.05) is 27.7 Å². The molecule has 1 aromatic rings. The maximum Gasteiger partial charge on any atom is 0.238 e. The molecule has 0 aliphatic carbocycles. The Bertz CT molecular complexity index is 686. The van der Waals surface area contributed by atoms with E-state index < -0.39 is 12.1 Å². The van der Waals surface area contributed by atoms with Crippen LogP contribution in [0.3, 0.4) is 0 Å². The summed E-state index contributed by atoms with van der Waals surface area (Å²) in [4.78, 5) is 31.4. The molecule has 0 radical (unpaired) electrons. The van der Waals surface area contributed by atoms with E-state index in [1.54, 1.807) is 11.6 Å². The van der Waals surface area contributed by atoms with Gasteiger partial charge in [-0.3, -0.25) is 9.59 Å². The molecule has 0 saturated carbocycles. The third-order valence-electron chi connectivity index (χ3n) is 4.82. The lowest BCUT2D eigenvalue weighted by molar-refractivity contribution is -0.122. The molecule has 0 spiro atoms. The van der Waals surface area contributed by atoms with Gasteiger partial charge >= 0.3 is 0 Å². The molecule has 0 saturated heterocycles. The second-order valence-electron chi connectivity index (χ2n) is 7.02. The van der Waals surface area contributed by atoms with Crippen molar-refractivity contribution in [2.24, 2.45) is 22.9 Å². The molecule has 7 nitrogen and oxygen atoms in total. The Kier molecular flexibility index (Phi) is 10.0. The Labute approximate surface area is 168 Å². The highest BCUT2D eigenvalue weighted by Gasteiger charge is 2.29. The van der Waals surface area contributed by atoms with Crippen LogP contribution in [0.1, 0.15) is 68.6 Å². The monoisotopic (exact) mass is 412 g/mol. The molecular weight excluding hydrogens is 384 g/mol. The molecule has 4 atom stereocenters. The average Bonchev–Trinajstić information content (AvgIpc) is 3.14. The van der Waals surface area contributed by atoms with Gasteiger partial charge in [0.2, 0.25) is 5.12 Å². The van der Waals surface area contributed by atoms with Crippen molar-refractivity contribution in [3.05, 3.63) is 26.5 Å². The summed E-state index contributed by atoms with van der Waals surface area (Å²) in [5.41, 5.74) is 9.11. The number of ketones is 1. The van der Waals surface area contributed by atoms with Crippen molar-refractivity contribution in [3.8, 4) is 0 Å². The van der Waals surface area contributed by atoms with Crippen LogP contribution in [0.5, 0.6) is 0 Å². The molecule has 0 aliphatic rings. The lowest BCUT2D eigenvalue weighted by atomic mass is 9.82. The summed E-state index contributed by atoms with van der Waals surface area (Å²) in [7, 11) is 0. The van der Waals surface area contributed by atoms with Crippen LogP contribution in [0.2, 0.25) is 0 Å². The quantitative estimate of drug-likeness (QED) is 0.311. The van der Waals surface area contributed by atoms with Crippen LogP contribution in [-0.4, -0.2) is 33.3 Å². The molecule has 0 aliphatic heterocycles. The Balaban J connectivity index is 2.86. The summed E-state index contributed by atoms with van der Waals surface area (Å²) in [5, 5.41) is 16.2. The Morgan fingerprint density at radius 2 is 2.07 bits per heavy atom. The van der Waals surface area contributed by atoms with Crippen LogP contribution in [0, 0.1) is 17.8 Å². The van der Waals surface area contributed by atoms with Gasteiger partial charge in [-0.05, 0) is 36.0 Å². The molecule has 9 heteroatoms. The summed E-state index contributed by atoms with van der Waals surface area (Å²) in [6.07, 6.45) is 2.21. The van der Waals surface area contributed by atoms with E-state index in [-0.39, 0.29) is 35.1 Å². The van der Waals surface area contributed by atoms with Gasteiger partial charge in [0.15, 0.2) is 0 Å². The van der Waals surface area contributed by atoms with Crippen LogP contribution in [0.25, 0.3) is 10.4 Å². The van der Waals surface area contributed by atoms with Crippen molar-refractivity contribution in [1.29, 1.82) is 0 Å². The van der Waals surface area contributed by atoms with Gasteiger partial charge < -0.3 is 5.11 Å². The topological polar surface area (TPSA) is 116 Å². The minimum absolute atomic E-state index is 0.0230. The third kappa shape index (κ3) is 6.92. The number of carbonyl (C=O) groups is 2. The van der Waals surface area contributed by atoms with Crippen molar-refractivity contribution in [3.63, 3.8) is 0 Å². The number of Topliss-reactive ketones (excluding diaryl/α,β-unsaturated/α-hetero) is 1. The van der Waals surface area contributed by atoms with Gasteiger partial charge in [0.25, 0.3) is 0 Å². The first-order chi connectivity index (χ1) is 12.7. The lowest BCUT2D eigenvalue weighted by Crippen LogP contribution is -2.29. The summed E-state index contributed by atoms with van der Waals surface area (Å²) < 4.78 is 0. The fourth-order valence-electron chi connectivity index (χ4n) is 2.77. The highest BCUT2D eigenvalue weighted by Crippen LogP contribution is 2.31. The summed E-state index contributed by atoms with van der Waals surface area (Å²) in [5.74, 6) is -0.0216. The second-order valence-corrected chi connectivity index (χ2v) is 8.69. The third-order valence-corrected chi connectivity index (χ3v) is 6.35. The number of carbonyl (C=O) groups excluding carboxylic acids is 2. The largest absolute Gasteiger partial charge is 0.386 e. The number of aliphatic hydroxyl groups is 1. The number of thioether (sulfide) groups is 1. The number of nitrogens with zero attached hydrogens (tertiary/aromatic N) is 4. The number of aliphatic hydroxyl groups excluding tert-OH is 1. The fourth-order valence-corrected chi connectivity index (χ4v) is 3.96. The SMILES string of the molecule is CC[C@H](C)[C@H](N=[N+]=[N-])C(=O)C[C@H](C[C@@H](O)c1nc(C(=O)SC)cs1)C(C)C. The first kappa shape index (κ1) is 23.6. The highest BCUT2D eigenvalue weighted by atomic mass is 32.2. The molecule has 0 unspecified atom stereocenters. The Hall–Kier alpha value is -1.41. The summed E-state index contributed by atoms with van der Waals surface area (Å²) in [6, 6.07) is -0.677. The zero-order valence-corrected chi connectivity index (χ0v) is 18.1. The number of thiazole rings is 1. The van der Waals surface area contributed by atoms with Gasteiger partial charge in [-0.2, -0.15) is 0 Å². The minimum atomic E-state index is -0.833. The molecule has 0 fully saturated rings. The predicted molar refractivity (Wildman–Crippen MR) is 110 cm³/mol. The van der Waals surface area contributed by atoms with Gasteiger partial charge in [0.1, 0.15) is 22.6 Å². The first-order valence-corrected chi connectivity index (χ1v) is 11.1. The van der Waals surface area contributed by atoms with Gasteiger partial charge in [0.05, 0.1) is 6.04 Å². The predicted octanol–water partition coefficient (Wildman–Crippen LogP) is 5.03. The number of hydrogen-bond acceptors (Lipinski definition) is 7. The maximum atomic E-state index is 12.7. The zero-order chi connectivity index (χ0) is 20.6. The molecule has 0 amide bonds. The zero-order valence-electron chi connectivity index (χ0n) is 16.5. The normalized spacial score (nSPS) is 15.7. The van der Waals surface area contributed by atoms with Crippen LogP contribution in [0.4, 0.5) is 0 Å². The van der Waals surface area contributed by atoms with E-state index in [1.165, 1.54) is 11.3 Å². The molecule has 0 aromatic carbocycles. The van der Waals surface area contributed by atoms with E-state index in [0.29, 0.717) is 17.1 Å². The molecule has 1 N–H and O–H groups in total. The molecule has 27 heavy (non-hydrogen) atoms. The minimum Gasteiger partial charge on any atom is -0.386 e. The number of aromatic nitrogens is 1. The van der Waals surface area contributed by atoms with Gasteiger partial charge in [-0.15, -0.1) is 11.3 Å². The fraction of sp³-hybridized carbons (Fsp3) is 0.722. The van der Waals surface area contributed by atoms with Crippen LogP contribution < -0.4 is 0 Å². The van der Waals surface area contributed by atoms with Crippen LogP contribution in [-0.2, 0) is 4.79 Å². The van der Waals surface area contributed by atoms with Crippen molar-refractivity contribution in [2.75, 3.05) is 6.26 Å². The van der Waals surface area contributed by atoms with E-state index >= 15 is 0 Å². The maximum absolute atomic E-state index is 12.7. The Morgan fingerprint density at radius 1 is 1.41 bits per heavy atom. The van der Waals surface area contributed by atoms with E-state index in [9.17, 15) is 14.7 Å². The van der Waals surface area contributed by atoms with Crippen molar-refractivity contribution < 1.29 is 14.7 Å². The van der Waals surface area contributed by atoms with Gasteiger partial charge in [0, 0.05) is 16.7 Å². The van der Waals surface area contributed by atoms with Crippen molar-refractivity contribution in [1.82, 2.24) is 4.98 Å². The number of hydrogen-bond donors (Lipinski definition) is 1. The number of azide groups is 1. The first-order valence-electron chi connectivity index (χ1n) is 9.03. The van der Waals surface area contributed by atoms with Gasteiger partial charge in [-0.25, -0.2) is 4.98 Å². The van der Waals surface area contributed by atoms with Crippen LogP contribution in [0.15, 0.2) is 10.5 Å². The van der Waals surface area contributed by atoms with E-state index in [4.69, 9.17) is 5.53 Å². The van der Waals surface area contributed by atoms with E-state index in [2.05, 4.69) is 15.0 Å². The lowest BCUT2D eigenvalue weighted by Gasteiger charge is -2.25. The molecular formula is C18H28N4O3S2. The molecule has 0 bridgehead atoms. The van der Waals surface area contributed by atoms with Crippen molar-refractivity contribution >= 4 is 34.0 Å². The second kappa shape index (κ2) is 11.4. The summed E-state index contributed by atoms with van der Waals surface area (Å²) in [6.45, 7) is 7.86. The van der Waals surface area contributed by atoms with Gasteiger partial charge in [-0.1, -0.05) is 51.0 Å². The molecule has 1 aromatic heterocycles. The molecule has 1 rings (SSSR count). The highest BCUT2D eigenvalue weighted by molar-refractivity contribution is 8.13. The summed E-state index contributed by atoms with van der Waals surface area (Å²) >= 11 is 2.33. The Morgan fingerprint density at radius 3 is 2.59 bits per heavy atom. The molecule has 1 heterocycles. The smallest absolute Gasteiger partial charge is 0.238 e. The number of rotatable bonds is 11. The van der Waals surface area contributed by atoms with Crippen molar-refractivity contribution in [2.45, 2.75) is 59.1 Å². The standard InChI is InChI=1S/C18H28N4O3S2/c1-6-11(4)16(21-22-19)14(23)7-12(10(2)3)8-15(24)17-20-13(9-27-17)18(25)26-5/h9-12,15-16,24H,6-8H2,1-5H3/t11-,12+,15+,16-/m0/s1.